The van der Waals surface area contributed by atoms with Gasteiger partial charge in [0.1, 0.15) is 0 Å². The van der Waals surface area contributed by atoms with E-state index in [4.69, 9.17) is 9.15 Å². The SMILES string of the molecule is Cc1ccc(-c2cnc(CN3CCOC[C@@H]3[C@H]3CCC[C@H]3O)o2)cc1. The number of hydrogen-bond acceptors (Lipinski definition) is 5. The first-order valence-corrected chi connectivity index (χ1v) is 9.22. The fourth-order valence-corrected chi connectivity index (χ4v) is 4.07. The van der Waals surface area contributed by atoms with Gasteiger partial charge in [0.15, 0.2) is 5.76 Å². The molecule has 1 saturated heterocycles. The Balaban J connectivity index is 1.47. The Labute approximate surface area is 148 Å². The molecular formula is C20H26N2O3. The van der Waals surface area contributed by atoms with Crippen molar-refractivity contribution in [1.29, 1.82) is 0 Å². The van der Waals surface area contributed by atoms with Gasteiger partial charge in [-0.3, -0.25) is 4.90 Å². The number of aliphatic hydroxyl groups excluding tert-OH is 1. The first kappa shape index (κ1) is 16.8. The third-order valence-corrected chi connectivity index (χ3v) is 5.53. The number of morpholine rings is 1. The zero-order valence-electron chi connectivity index (χ0n) is 14.7. The summed E-state index contributed by atoms with van der Waals surface area (Å²) in [5, 5.41) is 10.3. The van der Waals surface area contributed by atoms with Gasteiger partial charge in [-0.1, -0.05) is 36.2 Å². The van der Waals surface area contributed by atoms with E-state index in [0.29, 0.717) is 19.1 Å². The van der Waals surface area contributed by atoms with Crippen LogP contribution < -0.4 is 0 Å². The summed E-state index contributed by atoms with van der Waals surface area (Å²) in [6.07, 6.45) is 4.69. The minimum atomic E-state index is -0.207. The van der Waals surface area contributed by atoms with Crippen molar-refractivity contribution in [3.63, 3.8) is 0 Å². The molecule has 4 rings (SSSR count). The summed E-state index contributed by atoms with van der Waals surface area (Å²) in [6.45, 7) is 5.02. The molecule has 0 amide bonds. The van der Waals surface area contributed by atoms with Crippen LogP contribution in [0.5, 0.6) is 0 Å². The van der Waals surface area contributed by atoms with Crippen molar-refractivity contribution in [2.24, 2.45) is 5.92 Å². The number of hydrogen-bond donors (Lipinski definition) is 1. The summed E-state index contributed by atoms with van der Waals surface area (Å²) >= 11 is 0. The molecule has 134 valence electrons. The van der Waals surface area contributed by atoms with E-state index >= 15 is 0 Å². The highest BCUT2D eigenvalue weighted by molar-refractivity contribution is 5.56. The maximum absolute atomic E-state index is 10.3. The standard InChI is InChI=1S/C20H26N2O3/c1-14-5-7-15(8-6-14)19-11-21-20(25-19)12-22-9-10-24-13-17(22)16-3-2-4-18(16)23/h5-8,11,16-18,23H,2-4,9-10,12-13H2,1H3/t16-,17-,18-/m1/s1. The Morgan fingerprint density at radius 2 is 2.08 bits per heavy atom. The van der Waals surface area contributed by atoms with Crippen molar-refractivity contribution >= 4 is 0 Å². The van der Waals surface area contributed by atoms with Gasteiger partial charge in [-0.2, -0.15) is 0 Å². The highest BCUT2D eigenvalue weighted by Gasteiger charge is 2.37. The first-order valence-electron chi connectivity index (χ1n) is 9.22. The first-order chi connectivity index (χ1) is 12.2. The van der Waals surface area contributed by atoms with Crippen LogP contribution in [-0.4, -0.2) is 46.9 Å². The summed E-state index contributed by atoms with van der Waals surface area (Å²) in [5.41, 5.74) is 2.28. The van der Waals surface area contributed by atoms with Gasteiger partial charge in [0.25, 0.3) is 0 Å². The molecule has 1 aromatic heterocycles. The van der Waals surface area contributed by atoms with E-state index in [0.717, 1.165) is 49.6 Å². The monoisotopic (exact) mass is 342 g/mol. The van der Waals surface area contributed by atoms with E-state index in [1.807, 2.05) is 0 Å². The van der Waals surface area contributed by atoms with Gasteiger partial charge in [-0.15, -0.1) is 0 Å². The lowest BCUT2D eigenvalue weighted by atomic mass is 9.94. The van der Waals surface area contributed by atoms with Crippen LogP contribution in [0.25, 0.3) is 11.3 Å². The van der Waals surface area contributed by atoms with E-state index < -0.39 is 0 Å². The van der Waals surface area contributed by atoms with Crippen molar-refractivity contribution in [2.45, 2.75) is 44.9 Å². The predicted octanol–water partition coefficient (Wildman–Crippen LogP) is 3.01. The maximum Gasteiger partial charge on any atom is 0.209 e. The number of ether oxygens (including phenoxy) is 1. The second-order valence-corrected chi connectivity index (χ2v) is 7.26. The smallest absolute Gasteiger partial charge is 0.209 e. The Morgan fingerprint density at radius 3 is 2.84 bits per heavy atom. The zero-order chi connectivity index (χ0) is 17.2. The lowest BCUT2D eigenvalue weighted by molar-refractivity contribution is -0.0562. The van der Waals surface area contributed by atoms with Crippen LogP contribution in [-0.2, 0) is 11.3 Å². The zero-order valence-corrected chi connectivity index (χ0v) is 14.7. The van der Waals surface area contributed by atoms with Crippen LogP contribution in [0.4, 0.5) is 0 Å². The Morgan fingerprint density at radius 1 is 1.24 bits per heavy atom. The molecule has 0 radical (unpaired) electrons. The number of aromatic nitrogens is 1. The largest absolute Gasteiger partial charge is 0.439 e. The molecule has 0 unspecified atom stereocenters. The molecule has 0 bridgehead atoms. The van der Waals surface area contributed by atoms with Crippen molar-refractivity contribution in [3.05, 3.63) is 41.9 Å². The molecule has 2 heterocycles. The molecular weight excluding hydrogens is 316 g/mol. The van der Waals surface area contributed by atoms with E-state index in [1.54, 1.807) is 6.20 Å². The average molecular weight is 342 g/mol. The molecule has 1 aliphatic heterocycles. The molecule has 1 saturated carbocycles. The number of benzene rings is 1. The minimum Gasteiger partial charge on any atom is -0.439 e. The highest BCUT2D eigenvalue weighted by Crippen LogP contribution is 2.33. The molecule has 5 nitrogen and oxygen atoms in total. The van der Waals surface area contributed by atoms with Crippen LogP contribution in [0.1, 0.15) is 30.7 Å². The van der Waals surface area contributed by atoms with Crippen LogP contribution in [0.2, 0.25) is 0 Å². The molecule has 5 heteroatoms. The van der Waals surface area contributed by atoms with Gasteiger partial charge in [0, 0.05) is 24.1 Å². The molecule has 2 fully saturated rings. The van der Waals surface area contributed by atoms with Crippen LogP contribution >= 0.6 is 0 Å². The van der Waals surface area contributed by atoms with Crippen LogP contribution in [0.15, 0.2) is 34.9 Å². The lowest BCUT2D eigenvalue weighted by Gasteiger charge is -2.39. The van der Waals surface area contributed by atoms with Gasteiger partial charge in [-0.25, -0.2) is 4.98 Å². The molecule has 0 spiro atoms. The van der Waals surface area contributed by atoms with Gasteiger partial charge < -0.3 is 14.3 Å². The van der Waals surface area contributed by atoms with E-state index in [9.17, 15) is 5.11 Å². The van der Waals surface area contributed by atoms with Gasteiger partial charge in [0.2, 0.25) is 5.89 Å². The fourth-order valence-electron chi connectivity index (χ4n) is 4.07. The lowest BCUT2D eigenvalue weighted by Crippen LogP contribution is -2.50. The predicted molar refractivity (Wildman–Crippen MR) is 95.0 cm³/mol. The van der Waals surface area contributed by atoms with Gasteiger partial charge in [0.05, 0.1) is 32.1 Å². The molecule has 1 aromatic carbocycles. The topological polar surface area (TPSA) is 58.7 Å². The number of aryl methyl sites for hydroxylation is 1. The summed E-state index contributed by atoms with van der Waals surface area (Å²) < 4.78 is 11.7. The molecule has 1 aliphatic carbocycles. The Hall–Kier alpha value is -1.69. The molecule has 3 atom stereocenters. The molecule has 2 aliphatic rings. The maximum atomic E-state index is 10.3. The normalized spacial score (nSPS) is 27.7. The second-order valence-electron chi connectivity index (χ2n) is 7.26. The number of aliphatic hydroxyl groups is 1. The van der Waals surface area contributed by atoms with Gasteiger partial charge >= 0.3 is 0 Å². The third-order valence-electron chi connectivity index (χ3n) is 5.53. The molecule has 1 N–H and O–H groups in total. The number of nitrogens with zero attached hydrogens (tertiary/aromatic N) is 2. The molecule has 25 heavy (non-hydrogen) atoms. The van der Waals surface area contributed by atoms with E-state index in [2.05, 4.69) is 41.1 Å². The summed E-state index contributed by atoms with van der Waals surface area (Å²) in [5.74, 6) is 1.84. The van der Waals surface area contributed by atoms with Crippen LogP contribution in [0.3, 0.4) is 0 Å². The highest BCUT2D eigenvalue weighted by atomic mass is 16.5. The molecule has 2 aromatic rings. The summed E-state index contributed by atoms with van der Waals surface area (Å²) in [4.78, 5) is 6.85. The van der Waals surface area contributed by atoms with Crippen molar-refractivity contribution in [3.8, 4) is 11.3 Å². The van der Waals surface area contributed by atoms with Crippen LogP contribution in [0, 0.1) is 12.8 Å². The fraction of sp³-hybridized carbons (Fsp3) is 0.550. The summed E-state index contributed by atoms with van der Waals surface area (Å²) in [7, 11) is 0. The average Bonchev–Trinajstić information content (AvgIpc) is 3.25. The van der Waals surface area contributed by atoms with E-state index in [-0.39, 0.29) is 12.1 Å². The van der Waals surface area contributed by atoms with E-state index in [1.165, 1.54) is 5.56 Å². The van der Waals surface area contributed by atoms with Crippen molar-refractivity contribution in [2.75, 3.05) is 19.8 Å². The van der Waals surface area contributed by atoms with Crippen molar-refractivity contribution < 1.29 is 14.3 Å². The third kappa shape index (κ3) is 3.64. The quantitative estimate of drug-likeness (QED) is 0.925. The number of oxazole rings is 1. The Kier molecular flexibility index (Phi) is 4.88. The summed E-state index contributed by atoms with van der Waals surface area (Å²) in [6, 6.07) is 8.53. The number of rotatable bonds is 4. The van der Waals surface area contributed by atoms with Gasteiger partial charge in [-0.05, 0) is 19.8 Å². The minimum absolute atomic E-state index is 0.207. The Bertz CT molecular complexity index is 697. The second kappa shape index (κ2) is 7.28. The van der Waals surface area contributed by atoms with Crippen molar-refractivity contribution in [1.82, 2.24) is 9.88 Å².